The summed E-state index contributed by atoms with van der Waals surface area (Å²) in [6.45, 7) is 6.42. The largest absolute Gasteiger partial charge is 0.444 e. The summed E-state index contributed by atoms with van der Waals surface area (Å²) in [5.74, 6) is -0.837. The number of aromatic nitrogens is 2. The fourth-order valence-electron chi connectivity index (χ4n) is 4.17. The lowest BCUT2D eigenvalue weighted by Gasteiger charge is -2.34. The topological polar surface area (TPSA) is 76.5 Å². The summed E-state index contributed by atoms with van der Waals surface area (Å²) >= 11 is 12.4. The highest BCUT2D eigenvalue weighted by atomic mass is 35.5. The van der Waals surface area contributed by atoms with Crippen molar-refractivity contribution >= 4 is 40.9 Å². The number of carbonyl (C=O) groups is 2. The average Bonchev–Trinajstić information content (AvgIpc) is 3.27. The third-order valence-corrected chi connectivity index (χ3v) is 6.67. The van der Waals surface area contributed by atoms with E-state index in [4.69, 9.17) is 27.9 Å². The maximum atomic E-state index is 13.6. The van der Waals surface area contributed by atoms with Crippen LogP contribution in [0, 0.1) is 5.82 Å². The van der Waals surface area contributed by atoms with E-state index in [0.29, 0.717) is 53.6 Å². The number of nitrogens with one attached hydrogen (secondary N) is 1. The number of anilines is 1. The van der Waals surface area contributed by atoms with Crippen molar-refractivity contribution < 1.29 is 18.7 Å². The van der Waals surface area contributed by atoms with Gasteiger partial charge in [-0.1, -0.05) is 29.3 Å². The third-order valence-electron chi connectivity index (χ3n) is 5.86. The van der Waals surface area contributed by atoms with Gasteiger partial charge in [0.1, 0.15) is 11.4 Å². The first kappa shape index (κ1) is 26.0. The van der Waals surface area contributed by atoms with Gasteiger partial charge >= 0.3 is 6.09 Å². The van der Waals surface area contributed by atoms with Gasteiger partial charge in [-0.25, -0.2) is 13.9 Å². The fourth-order valence-corrected chi connectivity index (χ4v) is 4.51. The van der Waals surface area contributed by atoms with E-state index in [-0.39, 0.29) is 22.9 Å². The molecule has 1 fully saturated rings. The summed E-state index contributed by atoms with van der Waals surface area (Å²) in [5, 5.41) is 7.85. The minimum Gasteiger partial charge on any atom is -0.444 e. The number of amides is 2. The predicted octanol–water partition coefficient (Wildman–Crippen LogP) is 6.69. The van der Waals surface area contributed by atoms with Crippen LogP contribution in [-0.4, -0.2) is 45.4 Å². The molecule has 0 bridgehead atoms. The Balaban J connectivity index is 1.63. The number of ether oxygens (including phenoxy) is 1. The van der Waals surface area contributed by atoms with Crippen LogP contribution in [0.2, 0.25) is 10.0 Å². The number of likely N-dealkylation sites (tertiary alicyclic amines) is 1. The summed E-state index contributed by atoms with van der Waals surface area (Å²) < 4.78 is 20.7. The normalized spacial score (nSPS) is 14.6. The molecule has 1 aliphatic heterocycles. The van der Waals surface area contributed by atoms with Crippen LogP contribution in [0.3, 0.4) is 0 Å². The first-order chi connectivity index (χ1) is 17.0. The maximum absolute atomic E-state index is 13.6. The Morgan fingerprint density at radius 3 is 2.39 bits per heavy atom. The standard InChI is InChI=1S/C26H27Cl2FN4O3/c1-26(2,3)36-25(35)32-13-11-16(12-14-32)23-19(15-30-33(23)18-9-7-17(29)8-10-18)24(34)31-21-6-4-5-20(27)22(21)28/h4-10,15-16H,11-14H2,1-3H3,(H,31,34). The molecule has 10 heteroatoms. The molecule has 2 heterocycles. The second-order valence-corrected chi connectivity index (χ2v) is 10.4. The first-order valence-electron chi connectivity index (χ1n) is 11.6. The van der Waals surface area contributed by atoms with E-state index in [1.165, 1.54) is 18.3 Å². The molecule has 0 atom stereocenters. The molecule has 0 radical (unpaired) electrons. The molecule has 3 aromatic rings. The zero-order valence-electron chi connectivity index (χ0n) is 20.2. The monoisotopic (exact) mass is 532 g/mol. The summed E-state index contributed by atoms with van der Waals surface area (Å²) in [6, 6.07) is 10.9. The molecule has 1 aliphatic rings. The molecule has 2 aromatic carbocycles. The van der Waals surface area contributed by atoms with Crippen LogP contribution in [0.1, 0.15) is 55.6 Å². The van der Waals surface area contributed by atoms with Crippen molar-refractivity contribution in [3.63, 3.8) is 0 Å². The van der Waals surface area contributed by atoms with Gasteiger partial charge in [0.15, 0.2) is 0 Å². The Kier molecular flexibility index (Phi) is 7.57. The lowest BCUT2D eigenvalue weighted by Crippen LogP contribution is -2.41. The van der Waals surface area contributed by atoms with E-state index in [1.54, 1.807) is 39.9 Å². The van der Waals surface area contributed by atoms with Crippen LogP contribution in [-0.2, 0) is 4.74 Å². The van der Waals surface area contributed by atoms with Gasteiger partial charge in [-0.15, -0.1) is 0 Å². The van der Waals surface area contributed by atoms with Crippen LogP contribution >= 0.6 is 23.2 Å². The molecule has 190 valence electrons. The minimum atomic E-state index is -0.581. The Labute approximate surface area is 219 Å². The van der Waals surface area contributed by atoms with E-state index in [0.717, 1.165) is 0 Å². The number of piperidine rings is 1. The highest BCUT2D eigenvalue weighted by molar-refractivity contribution is 6.44. The molecule has 4 rings (SSSR count). The van der Waals surface area contributed by atoms with E-state index in [1.807, 2.05) is 20.8 Å². The van der Waals surface area contributed by atoms with E-state index < -0.39 is 11.5 Å². The number of rotatable bonds is 4. The lowest BCUT2D eigenvalue weighted by atomic mass is 9.90. The second-order valence-electron chi connectivity index (χ2n) is 9.63. The van der Waals surface area contributed by atoms with Crippen LogP contribution in [0.15, 0.2) is 48.7 Å². The van der Waals surface area contributed by atoms with Gasteiger partial charge < -0.3 is 15.0 Å². The lowest BCUT2D eigenvalue weighted by molar-refractivity contribution is 0.0203. The van der Waals surface area contributed by atoms with Crippen molar-refractivity contribution in [2.45, 2.75) is 45.1 Å². The van der Waals surface area contributed by atoms with Gasteiger partial charge in [0, 0.05) is 19.0 Å². The van der Waals surface area contributed by atoms with Crippen LogP contribution in [0.5, 0.6) is 0 Å². The Bertz CT molecular complexity index is 1260. The smallest absolute Gasteiger partial charge is 0.410 e. The number of carbonyl (C=O) groups excluding carboxylic acids is 2. The molecule has 0 unspecified atom stereocenters. The van der Waals surface area contributed by atoms with Crippen molar-refractivity contribution in [1.82, 2.24) is 14.7 Å². The molecule has 7 nitrogen and oxygen atoms in total. The molecule has 2 amide bonds. The maximum Gasteiger partial charge on any atom is 0.410 e. The highest BCUT2D eigenvalue weighted by Gasteiger charge is 2.32. The van der Waals surface area contributed by atoms with Crippen LogP contribution < -0.4 is 5.32 Å². The first-order valence-corrected chi connectivity index (χ1v) is 12.4. The molecule has 1 N–H and O–H groups in total. The van der Waals surface area contributed by atoms with Gasteiger partial charge in [-0.3, -0.25) is 4.79 Å². The summed E-state index contributed by atoms with van der Waals surface area (Å²) in [6.07, 6.45) is 2.34. The Morgan fingerprint density at radius 2 is 1.75 bits per heavy atom. The van der Waals surface area contributed by atoms with Crippen molar-refractivity contribution in [2.24, 2.45) is 0 Å². The highest BCUT2D eigenvalue weighted by Crippen LogP contribution is 2.34. The minimum absolute atomic E-state index is 0.0770. The van der Waals surface area contributed by atoms with E-state index in [2.05, 4.69) is 10.4 Å². The number of nitrogens with zero attached hydrogens (tertiary/aromatic N) is 3. The van der Waals surface area contributed by atoms with Crippen molar-refractivity contribution in [1.29, 1.82) is 0 Å². The van der Waals surface area contributed by atoms with Crippen molar-refractivity contribution in [3.05, 3.63) is 75.8 Å². The third kappa shape index (κ3) is 5.82. The molecular weight excluding hydrogens is 506 g/mol. The molecular formula is C26H27Cl2FN4O3. The molecule has 0 spiro atoms. The molecule has 1 saturated heterocycles. The Morgan fingerprint density at radius 1 is 1.08 bits per heavy atom. The zero-order chi connectivity index (χ0) is 26.0. The van der Waals surface area contributed by atoms with E-state index >= 15 is 0 Å². The van der Waals surface area contributed by atoms with Gasteiger partial charge in [0.05, 0.1) is 38.9 Å². The predicted molar refractivity (Wildman–Crippen MR) is 138 cm³/mol. The van der Waals surface area contributed by atoms with Gasteiger partial charge in [0.2, 0.25) is 0 Å². The van der Waals surface area contributed by atoms with Gasteiger partial charge in [0.25, 0.3) is 5.91 Å². The molecule has 0 aliphatic carbocycles. The second kappa shape index (κ2) is 10.5. The summed E-state index contributed by atoms with van der Waals surface area (Å²) in [4.78, 5) is 27.6. The number of halogens is 3. The summed E-state index contributed by atoms with van der Waals surface area (Å²) in [7, 11) is 0. The Hall–Kier alpha value is -3.10. The van der Waals surface area contributed by atoms with Crippen LogP contribution in [0.25, 0.3) is 5.69 Å². The quantitative estimate of drug-likeness (QED) is 0.406. The fraction of sp³-hybridized carbons (Fsp3) is 0.346. The summed E-state index contributed by atoms with van der Waals surface area (Å²) in [5.41, 5.74) is 1.48. The molecule has 0 saturated carbocycles. The number of benzene rings is 2. The molecule has 36 heavy (non-hydrogen) atoms. The van der Waals surface area contributed by atoms with Gasteiger partial charge in [-0.05, 0) is 70.0 Å². The molecule has 1 aromatic heterocycles. The van der Waals surface area contributed by atoms with Crippen molar-refractivity contribution in [3.8, 4) is 5.69 Å². The SMILES string of the molecule is CC(C)(C)OC(=O)N1CCC(c2c(C(=O)Nc3cccc(Cl)c3Cl)cnn2-c2ccc(F)cc2)CC1. The zero-order valence-corrected chi connectivity index (χ0v) is 21.7. The average molecular weight is 533 g/mol. The number of hydrogen-bond donors (Lipinski definition) is 1. The number of hydrogen-bond acceptors (Lipinski definition) is 4. The van der Waals surface area contributed by atoms with Crippen molar-refractivity contribution in [2.75, 3.05) is 18.4 Å². The van der Waals surface area contributed by atoms with E-state index in [9.17, 15) is 14.0 Å². The van der Waals surface area contributed by atoms with Gasteiger partial charge in [-0.2, -0.15) is 5.10 Å². The van der Waals surface area contributed by atoms with Crippen LogP contribution in [0.4, 0.5) is 14.9 Å².